The molecule has 0 aliphatic carbocycles. The summed E-state index contributed by atoms with van der Waals surface area (Å²) in [5.41, 5.74) is 2.95. The van der Waals surface area contributed by atoms with E-state index in [0.29, 0.717) is 27.0 Å². The van der Waals surface area contributed by atoms with Gasteiger partial charge in [0, 0.05) is 26.9 Å². The summed E-state index contributed by atoms with van der Waals surface area (Å²) >= 11 is 12.3. The maximum Gasteiger partial charge on any atom is 0.266 e. The smallest absolute Gasteiger partial charge is 0.266 e. The molecule has 31 heavy (non-hydrogen) atoms. The van der Waals surface area contributed by atoms with Crippen LogP contribution in [0.2, 0.25) is 10.0 Å². The van der Waals surface area contributed by atoms with Gasteiger partial charge in [0.2, 0.25) is 0 Å². The lowest BCUT2D eigenvalue weighted by Gasteiger charge is -2.12. The molecule has 0 radical (unpaired) electrons. The van der Waals surface area contributed by atoms with Crippen molar-refractivity contribution in [3.05, 3.63) is 99.0 Å². The molecule has 156 valence electrons. The standard InChI is InChI=1S/C25H20Cl2N2O2/c1-2-17-7-4-6-10-23(17)29-25(30)20(15-28)13-19-14-21(26)11-12-24(19)31-16-18-8-3-5-9-22(18)27/h3-14H,2,16H2,1H3,(H,29,30)/b20-13+. The van der Waals surface area contributed by atoms with Gasteiger partial charge in [0.25, 0.3) is 5.91 Å². The van der Waals surface area contributed by atoms with Gasteiger partial charge < -0.3 is 10.1 Å². The molecule has 3 aromatic rings. The normalized spacial score (nSPS) is 11.0. The first-order chi connectivity index (χ1) is 15.0. The summed E-state index contributed by atoms with van der Waals surface area (Å²) in [6.45, 7) is 2.24. The first-order valence-electron chi connectivity index (χ1n) is 9.68. The number of nitrogens with one attached hydrogen (secondary N) is 1. The highest BCUT2D eigenvalue weighted by atomic mass is 35.5. The van der Waals surface area contributed by atoms with Crippen molar-refractivity contribution in [1.29, 1.82) is 5.26 Å². The third kappa shape index (κ3) is 5.88. The number of aryl methyl sites for hydroxylation is 1. The molecule has 4 nitrogen and oxygen atoms in total. The van der Waals surface area contributed by atoms with Gasteiger partial charge in [-0.3, -0.25) is 4.79 Å². The predicted octanol–water partition coefficient (Wildman–Crippen LogP) is 6.68. The topological polar surface area (TPSA) is 62.1 Å². The Labute approximate surface area is 191 Å². The van der Waals surface area contributed by atoms with Crippen LogP contribution in [-0.4, -0.2) is 5.91 Å². The Morgan fingerprint density at radius 1 is 1.06 bits per heavy atom. The largest absolute Gasteiger partial charge is 0.488 e. The molecule has 3 aromatic carbocycles. The molecule has 0 heterocycles. The second kappa shape index (κ2) is 10.7. The van der Waals surface area contributed by atoms with Crippen LogP contribution in [0.5, 0.6) is 5.75 Å². The van der Waals surface area contributed by atoms with E-state index in [-0.39, 0.29) is 12.2 Å². The van der Waals surface area contributed by atoms with Crippen LogP contribution >= 0.6 is 23.2 Å². The summed E-state index contributed by atoms with van der Waals surface area (Å²) in [4.78, 5) is 12.7. The monoisotopic (exact) mass is 450 g/mol. The highest BCUT2D eigenvalue weighted by molar-refractivity contribution is 6.31. The SMILES string of the molecule is CCc1ccccc1NC(=O)/C(C#N)=C/c1cc(Cl)ccc1OCc1ccccc1Cl. The number of hydrogen-bond acceptors (Lipinski definition) is 3. The van der Waals surface area contributed by atoms with Crippen molar-refractivity contribution in [3.63, 3.8) is 0 Å². The van der Waals surface area contributed by atoms with Crippen molar-refractivity contribution in [1.82, 2.24) is 0 Å². The van der Waals surface area contributed by atoms with E-state index < -0.39 is 5.91 Å². The lowest BCUT2D eigenvalue weighted by Crippen LogP contribution is -2.14. The minimum atomic E-state index is -0.500. The van der Waals surface area contributed by atoms with Gasteiger partial charge in [0.1, 0.15) is 24.0 Å². The molecular formula is C25H20Cl2N2O2. The number of rotatable bonds is 7. The minimum absolute atomic E-state index is 0.0595. The summed E-state index contributed by atoms with van der Waals surface area (Å²) in [5.74, 6) is -0.0146. The van der Waals surface area contributed by atoms with Gasteiger partial charge >= 0.3 is 0 Å². The Balaban J connectivity index is 1.86. The first kappa shape index (κ1) is 22.4. The zero-order valence-electron chi connectivity index (χ0n) is 16.9. The van der Waals surface area contributed by atoms with Crippen LogP contribution < -0.4 is 10.1 Å². The van der Waals surface area contributed by atoms with Crippen LogP contribution in [-0.2, 0) is 17.8 Å². The minimum Gasteiger partial charge on any atom is -0.488 e. The van der Waals surface area contributed by atoms with Crippen LogP contribution in [0.3, 0.4) is 0 Å². The number of carbonyl (C=O) groups excluding carboxylic acids is 1. The van der Waals surface area contributed by atoms with Gasteiger partial charge in [-0.2, -0.15) is 5.26 Å². The molecule has 6 heteroatoms. The third-order valence-corrected chi connectivity index (χ3v) is 5.23. The number of ether oxygens (including phenoxy) is 1. The lowest BCUT2D eigenvalue weighted by molar-refractivity contribution is -0.112. The number of nitriles is 1. The predicted molar refractivity (Wildman–Crippen MR) is 125 cm³/mol. The van der Waals surface area contributed by atoms with Gasteiger partial charge in [-0.25, -0.2) is 0 Å². The molecule has 0 unspecified atom stereocenters. The number of benzene rings is 3. The van der Waals surface area contributed by atoms with E-state index in [2.05, 4.69) is 5.32 Å². The van der Waals surface area contributed by atoms with Crippen molar-refractivity contribution in [2.24, 2.45) is 0 Å². The quantitative estimate of drug-likeness (QED) is 0.322. The number of hydrogen-bond donors (Lipinski definition) is 1. The fourth-order valence-corrected chi connectivity index (χ4v) is 3.35. The maximum atomic E-state index is 12.7. The van der Waals surface area contributed by atoms with Gasteiger partial charge in [-0.15, -0.1) is 0 Å². The van der Waals surface area contributed by atoms with Gasteiger partial charge in [0.15, 0.2) is 0 Å². The highest BCUT2D eigenvalue weighted by Crippen LogP contribution is 2.27. The molecule has 0 spiro atoms. The van der Waals surface area contributed by atoms with E-state index in [9.17, 15) is 10.1 Å². The van der Waals surface area contributed by atoms with E-state index in [4.69, 9.17) is 27.9 Å². The average molecular weight is 451 g/mol. The van der Waals surface area contributed by atoms with E-state index >= 15 is 0 Å². The molecule has 0 aromatic heterocycles. The summed E-state index contributed by atoms with van der Waals surface area (Å²) < 4.78 is 5.91. The number of anilines is 1. The molecule has 0 aliphatic heterocycles. The summed E-state index contributed by atoms with van der Waals surface area (Å²) in [6.07, 6.45) is 2.23. The van der Waals surface area contributed by atoms with Gasteiger partial charge in [-0.05, 0) is 48.4 Å². The number of nitrogens with zero attached hydrogens (tertiary/aromatic N) is 1. The maximum absolute atomic E-state index is 12.7. The Morgan fingerprint density at radius 3 is 2.48 bits per heavy atom. The highest BCUT2D eigenvalue weighted by Gasteiger charge is 2.13. The zero-order valence-corrected chi connectivity index (χ0v) is 18.4. The van der Waals surface area contributed by atoms with Crippen LogP contribution in [0, 0.1) is 11.3 Å². The molecule has 0 bridgehead atoms. The van der Waals surface area contributed by atoms with Crippen LogP contribution in [0.1, 0.15) is 23.6 Å². The van der Waals surface area contributed by atoms with E-state index in [1.807, 2.05) is 55.5 Å². The Morgan fingerprint density at radius 2 is 1.77 bits per heavy atom. The van der Waals surface area contributed by atoms with Crippen molar-refractivity contribution in [2.45, 2.75) is 20.0 Å². The fourth-order valence-electron chi connectivity index (χ4n) is 2.98. The average Bonchev–Trinajstić information content (AvgIpc) is 2.78. The van der Waals surface area contributed by atoms with Gasteiger partial charge in [-0.1, -0.05) is 66.5 Å². The molecule has 0 saturated heterocycles. The number of carbonyl (C=O) groups is 1. The summed E-state index contributed by atoms with van der Waals surface area (Å²) in [7, 11) is 0. The lowest BCUT2D eigenvalue weighted by atomic mass is 10.1. The molecule has 0 saturated carbocycles. The van der Waals surface area contributed by atoms with Crippen LogP contribution in [0.25, 0.3) is 6.08 Å². The second-order valence-corrected chi connectivity index (χ2v) is 7.54. The fraction of sp³-hybridized carbons (Fsp3) is 0.120. The van der Waals surface area contributed by atoms with Crippen molar-refractivity contribution < 1.29 is 9.53 Å². The second-order valence-electron chi connectivity index (χ2n) is 6.70. The van der Waals surface area contributed by atoms with Crippen molar-refractivity contribution in [3.8, 4) is 11.8 Å². The van der Waals surface area contributed by atoms with Crippen LogP contribution in [0.4, 0.5) is 5.69 Å². The summed E-state index contributed by atoms with van der Waals surface area (Å²) in [5, 5.41) is 13.5. The van der Waals surface area contributed by atoms with E-state index in [1.54, 1.807) is 24.3 Å². The molecule has 1 N–H and O–H groups in total. The third-order valence-electron chi connectivity index (χ3n) is 4.62. The van der Waals surface area contributed by atoms with Crippen molar-refractivity contribution >= 4 is 40.9 Å². The molecule has 0 fully saturated rings. The molecule has 0 atom stereocenters. The Hall–Kier alpha value is -3.26. The first-order valence-corrected chi connectivity index (χ1v) is 10.4. The Bertz CT molecular complexity index is 1170. The Kier molecular flexibility index (Phi) is 7.72. The molecular weight excluding hydrogens is 431 g/mol. The zero-order chi connectivity index (χ0) is 22.2. The van der Waals surface area contributed by atoms with E-state index in [0.717, 1.165) is 17.5 Å². The molecule has 0 aliphatic rings. The van der Waals surface area contributed by atoms with Crippen molar-refractivity contribution in [2.75, 3.05) is 5.32 Å². The van der Waals surface area contributed by atoms with Crippen LogP contribution in [0.15, 0.2) is 72.3 Å². The number of halogens is 2. The van der Waals surface area contributed by atoms with E-state index in [1.165, 1.54) is 6.08 Å². The van der Waals surface area contributed by atoms with Gasteiger partial charge in [0.05, 0.1) is 0 Å². The number of amides is 1. The summed E-state index contributed by atoms with van der Waals surface area (Å²) in [6, 6.07) is 21.9. The molecule has 3 rings (SSSR count). The molecule has 1 amide bonds. The number of para-hydroxylation sites is 1.